The van der Waals surface area contributed by atoms with Gasteiger partial charge in [0.05, 0.1) is 5.56 Å². The van der Waals surface area contributed by atoms with Crippen molar-refractivity contribution in [2.45, 2.75) is 32.8 Å². The fourth-order valence-corrected chi connectivity index (χ4v) is 1.46. The number of alkyl carbamates (subject to hydrolysis) is 1. The minimum Gasteiger partial charge on any atom is -0.507 e. The van der Waals surface area contributed by atoms with E-state index < -0.39 is 17.5 Å². The van der Waals surface area contributed by atoms with Crippen molar-refractivity contribution in [3.05, 3.63) is 35.7 Å². The highest BCUT2D eigenvalue weighted by atomic mass is 19.1. The summed E-state index contributed by atoms with van der Waals surface area (Å²) in [5.74, 6) is -0.595. The average Bonchev–Trinajstić information content (AvgIpc) is 2.29. The van der Waals surface area contributed by atoms with Gasteiger partial charge in [-0.1, -0.05) is 18.2 Å². The fraction of sp³-hybridized carbons (Fsp3) is 0.400. The van der Waals surface area contributed by atoms with Crippen LogP contribution in [0.1, 0.15) is 32.8 Å². The summed E-state index contributed by atoms with van der Waals surface area (Å²) in [4.78, 5) is 11.3. The van der Waals surface area contributed by atoms with Crippen LogP contribution in [0.25, 0.3) is 6.08 Å². The maximum Gasteiger partial charge on any atom is 0.407 e. The Hall–Kier alpha value is -2.04. The van der Waals surface area contributed by atoms with Crippen LogP contribution in [0.15, 0.2) is 24.3 Å². The molecule has 0 heterocycles. The second-order valence-corrected chi connectivity index (χ2v) is 5.29. The Morgan fingerprint density at radius 2 is 2.15 bits per heavy atom. The molecule has 5 heteroatoms. The van der Waals surface area contributed by atoms with Crippen LogP contribution in [0.3, 0.4) is 0 Å². The quantitative estimate of drug-likeness (QED) is 0.831. The zero-order valence-electron chi connectivity index (χ0n) is 11.9. The van der Waals surface area contributed by atoms with Gasteiger partial charge >= 0.3 is 6.09 Å². The average molecular weight is 281 g/mol. The van der Waals surface area contributed by atoms with Crippen LogP contribution < -0.4 is 5.32 Å². The molecule has 1 aromatic carbocycles. The van der Waals surface area contributed by atoms with Gasteiger partial charge in [-0.05, 0) is 39.3 Å². The summed E-state index contributed by atoms with van der Waals surface area (Å²) in [5.41, 5.74) is -0.386. The molecule has 0 saturated carbocycles. The number of phenolic OH excluding ortho intramolecular Hbond substituents is 1. The smallest absolute Gasteiger partial charge is 0.407 e. The van der Waals surface area contributed by atoms with Gasteiger partial charge < -0.3 is 15.2 Å². The van der Waals surface area contributed by atoms with E-state index in [9.17, 15) is 14.3 Å². The second kappa shape index (κ2) is 6.93. The molecule has 0 bridgehead atoms. The molecule has 0 aliphatic carbocycles. The minimum atomic E-state index is -0.529. The van der Waals surface area contributed by atoms with Gasteiger partial charge in [0.1, 0.15) is 17.2 Å². The molecule has 0 saturated heterocycles. The van der Waals surface area contributed by atoms with E-state index in [1.165, 1.54) is 24.3 Å². The van der Waals surface area contributed by atoms with Crippen LogP contribution in [0, 0.1) is 5.82 Å². The van der Waals surface area contributed by atoms with E-state index in [-0.39, 0.29) is 11.3 Å². The Bertz CT molecular complexity index is 472. The van der Waals surface area contributed by atoms with E-state index in [0.29, 0.717) is 13.0 Å². The van der Waals surface area contributed by atoms with Gasteiger partial charge in [-0.3, -0.25) is 0 Å². The number of carbonyl (C=O) groups excluding carboxylic acids is 1. The first kappa shape index (κ1) is 16.0. The Balaban J connectivity index is 2.38. The summed E-state index contributed by atoms with van der Waals surface area (Å²) in [6.07, 6.45) is 3.18. The molecule has 0 aliphatic rings. The fourth-order valence-electron chi connectivity index (χ4n) is 1.46. The number of phenols is 1. The van der Waals surface area contributed by atoms with Crippen LogP contribution in [0.4, 0.5) is 9.18 Å². The third-order valence-electron chi connectivity index (χ3n) is 2.29. The molecule has 0 spiro atoms. The van der Waals surface area contributed by atoms with Gasteiger partial charge in [0, 0.05) is 6.54 Å². The molecule has 110 valence electrons. The van der Waals surface area contributed by atoms with E-state index in [1.54, 1.807) is 26.8 Å². The third-order valence-corrected chi connectivity index (χ3v) is 2.29. The standard InChI is InChI=1S/C15H20FNO3/c1-15(2,3)20-14(19)17-10-5-4-7-11-12(16)8-6-9-13(11)18/h4,6-9,18H,5,10H2,1-3H3,(H,17,19). The van der Waals surface area contributed by atoms with Crippen LogP contribution in [-0.2, 0) is 4.74 Å². The van der Waals surface area contributed by atoms with Gasteiger partial charge in [0.25, 0.3) is 0 Å². The van der Waals surface area contributed by atoms with Gasteiger partial charge in [0.2, 0.25) is 0 Å². The first-order valence-electron chi connectivity index (χ1n) is 6.40. The van der Waals surface area contributed by atoms with Crippen LogP contribution in [0.2, 0.25) is 0 Å². The van der Waals surface area contributed by atoms with E-state index in [0.717, 1.165) is 0 Å². The first-order valence-corrected chi connectivity index (χ1v) is 6.40. The SMILES string of the molecule is CC(C)(C)OC(=O)NCCC=Cc1c(O)cccc1F. The number of nitrogens with one attached hydrogen (secondary N) is 1. The number of carbonyl (C=O) groups is 1. The summed E-state index contributed by atoms with van der Waals surface area (Å²) < 4.78 is 18.4. The van der Waals surface area contributed by atoms with E-state index >= 15 is 0 Å². The van der Waals surface area contributed by atoms with Crippen molar-refractivity contribution >= 4 is 12.2 Å². The molecule has 0 aromatic heterocycles. The van der Waals surface area contributed by atoms with Crippen molar-refractivity contribution in [2.24, 2.45) is 0 Å². The normalized spacial score (nSPS) is 11.6. The van der Waals surface area contributed by atoms with Crippen molar-refractivity contribution in [3.63, 3.8) is 0 Å². The van der Waals surface area contributed by atoms with E-state index in [1.807, 2.05) is 0 Å². The molecule has 0 radical (unpaired) electrons. The zero-order valence-corrected chi connectivity index (χ0v) is 11.9. The summed E-state index contributed by atoms with van der Waals surface area (Å²) in [7, 11) is 0. The van der Waals surface area contributed by atoms with Crippen molar-refractivity contribution in [1.29, 1.82) is 0 Å². The number of benzene rings is 1. The largest absolute Gasteiger partial charge is 0.507 e. The Kier molecular flexibility index (Phi) is 5.55. The van der Waals surface area contributed by atoms with Gasteiger partial charge in [-0.15, -0.1) is 0 Å². The highest BCUT2D eigenvalue weighted by molar-refractivity contribution is 5.67. The lowest BCUT2D eigenvalue weighted by Crippen LogP contribution is -2.32. The molecule has 0 aliphatic heterocycles. The number of amides is 1. The Morgan fingerprint density at radius 1 is 1.45 bits per heavy atom. The summed E-state index contributed by atoms with van der Waals surface area (Å²) in [6, 6.07) is 4.13. The summed E-state index contributed by atoms with van der Waals surface area (Å²) in [5, 5.41) is 12.1. The topological polar surface area (TPSA) is 58.6 Å². The maximum absolute atomic E-state index is 13.4. The predicted octanol–water partition coefficient (Wildman–Crippen LogP) is 3.46. The Morgan fingerprint density at radius 3 is 2.75 bits per heavy atom. The highest BCUT2D eigenvalue weighted by Crippen LogP contribution is 2.21. The molecule has 4 nitrogen and oxygen atoms in total. The van der Waals surface area contributed by atoms with Crippen molar-refractivity contribution < 1.29 is 19.0 Å². The van der Waals surface area contributed by atoms with Crippen LogP contribution >= 0.6 is 0 Å². The number of aromatic hydroxyl groups is 1. The number of rotatable bonds is 4. The lowest BCUT2D eigenvalue weighted by molar-refractivity contribution is 0.0529. The molecule has 2 N–H and O–H groups in total. The molecule has 0 atom stereocenters. The molecule has 0 unspecified atom stereocenters. The van der Waals surface area contributed by atoms with Crippen LogP contribution in [0.5, 0.6) is 5.75 Å². The predicted molar refractivity (Wildman–Crippen MR) is 76.0 cm³/mol. The molecule has 1 aromatic rings. The lowest BCUT2D eigenvalue weighted by atomic mass is 10.1. The molecular weight excluding hydrogens is 261 g/mol. The van der Waals surface area contributed by atoms with Crippen molar-refractivity contribution in [2.75, 3.05) is 6.54 Å². The Labute approximate surface area is 118 Å². The second-order valence-electron chi connectivity index (χ2n) is 5.29. The molecular formula is C15H20FNO3. The highest BCUT2D eigenvalue weighted by Gasteiger charge is 2.15. The first-order chi connectivity index (χ1) is 9.29. The van der Waals surface area contributed by atoms with Crippen molar-refractivity contribution in [1.82, 2.24) is 5.32 Å². The van der Waals surface area contributed by atoms with E-state index in [2.05, 4.69) is 5.32 Å². The molecule has 0 fully saturated rings. The number of hydrogen-bond acceptors (Lipinski definition) is 3. The molecule has 1 amide bonds. The maximum atomic E-state index is 13.4. The summed E-state index contributed by atoms with van der Waals surface area (Å²) >= 11 is 0. The van der Waals surface area contributed by atoms with Gasteiger partial charge in [0.15, 0.2) is 0 Å². The van der Waals surface area contributed by atoms with E-state index in [4.69, 9.17) is 4.74 Å². The number of halogens is 1. The van der Waals surface area contributed by atoms with Crippen molar-refractivity contribution in [3.8, 4) is 5.75 Å². The summed E-state index contributed by atoms with van der Waals surface area (Å²) in [6.45, 7) is 5.73. The molecule has 1 rings (SSSR count). The zero-order chi connectivity index (χ0) is 15.2. The van der Waals surface area contributed by atoms with Gasteiger partial charge in [-0.2, -0.15) is 0 Å². The molecule has 20 heavy (non-hydrogen) atoms. The lowest BCUT2D eigenvalue weighted by Gasteiger charge is -2.19. The van der Waals surface area contributed by atoms with Gasteiger partial charge in [-0.25, -0.2) is 9.18 Å². The monoisotopic (exact) mass is 281 g/mol. The third kappa shape index (κ3) is 5.73. The number of ether oxygens (including phenoxy) is 1. The van der Waals surface area contributed by atoms with Crippen LogP contribution in [-0.4, -0.2) is 23.3 Å². The minimum absolute atomic E-state index is 0.110. The number of hydrogen-bond donors (Lipinski definition) is 2.